The number of likely N-dealkylation sites (tertiary alicyclic amines) is 1. The molecule has 3 rings (SSSR count). The summed E-state index contributed by atoms with van der Waals surface area (Å²) in [6.45, 7) is 0.308. The zero-order valence-corrected chi connectivity index (χ0v) is 12.7. The second-order valence-electron chi connectivity index (χ2n) is 6.39. The highest BCUT2D eigenvalue weighted by Crippen LogP contribution is 2.43. The van der Waals surface area contributed by atoms with E-state index in [0.29, 0.717) is 11.5 Å². The van der Waals surface area contributed by atoms with E-state index in [1.54, 1.807) is 36.2 Å². The molecule has 2 unspecified atom stereocenters. The molecule has 2 atom stereocenters. The molecule has 2 bridgehead atoms. The highest BCUT2D eigenvalue weighted by molar-refractivity contribution is 5.28. The lowest BCUT2D eigenvalue weighted by Gasteiger charge is -2.43. The number of hydrogen-bond acceptors (Lipinski definition) is 6. The molecule has 1 aromatic rings. The number of piperidine rings is 1. The fourth-order valence-electron chi connectivity index (χ4n) is 3.66. The zero-order valence-electron chi connectivity index (χ0n) is 12.7. The Balaban J connectivity index is 2.02. The van der Waals surface area contributed by atoms with E-state index >= 15 is 0 Å². The Labute approximate surface area is 132 Å². The lowest BCUT2D eigenvalue weighted by Crippen LogP contribution is -2.65. The Bertz CT molecular complexity index is 677. The molecule has 1 saturated heterocycles. The molecule has 0 aromatic heterocycles. The van der Waals surface area contributed by atoms with E-state index in [1.165, 1.54) is 6.08 Å². The van der Waals surface area contributed by atoms with Gasteiger partial charge in [-0.15, -0.1) is 0 Å². The first-order valence-corrected chi connectivity index (χ1v) is 7.27. The summed E-state index contributed by atoms with van der Waals surface area (Å²) in [4.78, 5) is 24.2. The monoisotopic (exact) mass is 319 g/mol. The van der Waals surface area contributed by atoms with Gasteiger partial charge >= 0.3 is 0 Å². The van der Waals surface area contributed by atoms with Crippen LogP contribution in [0.2, 0.25) is 0 Å². The van der Waals surface area contributed by atoms with E-state index in [-0.39, 0.29) is 30.9 Å². The highest BCUT2D eigenvalue weighted by atomic mass is 16.6. The van der Waals surface area contributed by atoms with Crippen LogP contribution in [0, 0.1) is 20.2 Å². The van der Waals surface area contributed by atoms with Gasteiger partial charge in [-0.25, -0.2) is 0 Å². The van der Waals surface area contributed by atoms with E-state index in [4.69, 9.17) is 4.74 Å². The van der Waals surface area contributed by atoms with Crippen LogP contribution in [0.4, 0.5) is 0 Å². The summed E-state index contributed by atoms with van der Waals surface area (Å²) in [7, 11) is 1.67. The quantitative estimate of drug-likeness (QED) is 0.619. The van der Waals surface area contributed by atoms with E-state index in [0.717, 1.165) is 0 Å². The van der Waals surface area contributed by atoms with Gasteiger partial charge in [0.05, 0.1) is 25.9 Å². The standard InChI is InChI=1S/C15H17N3O5/c1-16-10-14(17(19)20)7-13(23-12-5-3-2-4-6-12)8-15(9-14,11-16)18(21)22/h2-7H,8-11H2,1H3. The number of ether oxygens (including phenoxy) is 1. The van der Waals surface area contributed by atoms with E-state index in [9.17, 15) is 20.2 Å². The molecule has 8 nitrogen and oxygen atoms in total. The van der Waals surface area contributed by atoms with Crippen LogP contribution >= 0.6 is 0 Å². The van der Waals surface area contributed by atoms with Crippen molar-refractivity contribution < 1.29 is 14.6 Å². The molecular formula is C15H17N3O5. The number of nitro groups is 2. The van der Waals surface area contributed by atoms with Crippen LogP contribution in [0.25, 0.3) is 0 Å². The largest absolute Gasteiger partial charge is 0.462 e. The molecule has 0 saturated carbocycles. The first-order chi connectivity index (χ1) is 10.9. The van der Waals surface area contributed by atoms with Crippen LogP contribution < -0.4 is 4.74 Å². The topological polar surface area (TPSA) is 98.8 Å². The van der Waals surface area contributed by atoms with Crippen molar-refractivity contribution in [2.24, 2.45) is 0 Å². The smallest absolute Gasteiger partial charge is 0.263 e. The van der Waals surface area contributed by atoms with Crippen LogP contribution in [-0.4, -0.2) is 46.0 Å². The Morgan fingerprint density at radius 3 is 2.43 bits per heavy atom. The average molecular weight is 319 g/mol. The molecule has 1 heterocycles. The summed E-state index contributed by atoms with van der Waals surface area (Å²) in [5.41, 5.74) is -2.87. The minimum absolute atomic E-state index is 0.0504. The molecule has 0 amide bonds. The van der Waals surface area contributed by atoms with Gasteiger partial charge < -0.3 is 4.74 Å². The molecule has 2 aliphatic rings. The van der Waals surface area contributed by atoms with Gasteiger partial charge in [0.2, 0.25) is 5.54 Å². The van der Waals surface area contributed by atoms with E-state index < -0.39 is 16.0 Å². The minimum Gasteiger partial charge on any atom is -0.462 e. The minimum atomic E-state index is -1.48. The van der Waals surface area contributed by atoms with Gasteiger partial charge in [0.15, 0.2) is 0 Å². The van der Waals surface area contributed by atoms with Crippen molar-refractivity contribution in [3.05, 3.63) is 62.4 Å². The molecule has 0 spiro atoms. The Kier molecular flexibility index (Phi) is 3.56. The van der Waals surface area contributed by atoms with E-state index in [2.05, 4.69) is 0 Å². The molecule has 1 fully saturated rings. The SMILES string of the molecule is CN1CC2([N+](=O)[O-])C=C(Oc3ccccc3)CC([N+](=O)[O-])(C1)C2. The van der Waals surface area contributed by atoms with Crippen molar-refractivity contribution >= 4 is 0 Å². The highest BCUT2D eigenvalue weighted by Gasteiger charge is 2.64. The van der Waals surface area contributed by atoms with Crippen molar-refractivity contribution in [1.29, 1.82) is 0 Å². The molecule has 23 heavy (non-hydrogen) atoms. The number of likely N-dealkylation sites (N-methyl/N-ethyl adjacent to an activating group) is 1. The Morgan fingerprint density at radius 1 is 1.13 bits per heavy atom. The van der Waals surface area contributed by atoms with Crippen LogP contribution in [0.5, 0.6) is 5.75 Å². The predicted octanol–water partition coefficient (Wildman–Crippen LogP) is 1.72. The third kappa shape index (κ3) is 2.65. The normalized spacial score (nSPS) is 30.4. The summed E-state index contributed by atoms with van der Waals surface area (Å²) < 4.78 is 5.71. The number of nitrogens with zero attached hydrogens (tertiary/aromatic N) is 3. The fourth-order valence-corrected chi connectivity index (χ4v) is 3.66. The molecule has 1 aliphatic heterocycles. The maximum atomic E-state index is 11.7. The first kappa shape index (κ1) is 15.4. The number of benzene rings is 1. The number of rotatable bonds is 4. The van der Waals surface area contributed by atoms with Crippen molar-refractivity contribution in [3.63, 3.8) is 0 Å². The summed E-state index contributed by atoms with van der Waals surface area (Å²) >= 11 is 0. The van der Waals surface area contributed by atoms with Crippen molar-refractivity contribution in [2.75, 3.05) is 20.1 Å². The second kappa shape index (κ2) is 5.31. The van der Waals surface area contributed by atoms with Gasteiger partial charge in [-0.3, -0.25) is 25.1 Å². The number of para-hydroxylation sites is 1. The maximum Gasteiger partial charge on any atom is 0.263 e. The first-order valence-electron chi connectivity index (χ1n) is 7.27. The van der Waals surface area contributed by atoms with Gasteiger partial charge in [0.25, 0.3) is 5.54 Å². The van der Waals surface area contributed by atoms with Crippen molar-refractivity contribution in [2.45, 2.75) is 23.9 Å². The van der Waals surface area contributed by atoms with Gasteiger partial charge in [-0.05, 0) is 19.2 Å². The molecule has 122 valence electrons. The molecular weight excluding hydrogens is 302 g/mol. The predicted molar refractivity (Wildman–Crippen MR) is 81.3 cm³/mol. The van der Waals surface area contributed by atoms with Gasteiger partial charge in [-0.1, -0.05) is 18.2 Å². The Morgan fingerprint density at radius 2 is 1.83 bits per heavy atom. The summed E-state index contributed by atoms with van der Waals surface area (Å²) in [6.07, 6.45) is 1.40. The van der Waals surface area contributed by atoms with Crippen LogP contribution in [0.1, 0.15) is 12.8 Å². The van der Waals surface area contributed by atoms with Crippen LogP contribution in [-0.2, 0) is 0 Å². The zero-order chi connectivity index (χ0) is 16.7. The average Bonchev–Trinajstić information content (AvgIpc) is 2.46. The summed E-state index contributed by atoms with van der Waals surface area (Å²) in [6, 6.07) is 8.81. The second-order valence-corrected chi connectivity index (χ2v) is 6.39. The Hall–Kier alpha value is -2.48. The third-order valence-electron chi connectivity index (χ3n) is 4.42. The lowest BCUT2D eigenvalue weighted by molar-refractivity contribution is -0.620. The lowest BCUT2D eigenvalue weighted by atomic mass is 9.71. The molecule has 8 heteroatoms. The van der Waals surface area contributed by atoms with E-state index in [1.807, 2.05) is 6.07 Å². The van der Waals surface area contributed by atoms with Crippen LogP contribution in [0.15, 0.2) is 42.2 Å². The molecule has 1 aromatic carbocycles. The third-order valence-corrected chi connectivity index (χ3v) is 4.42. The van der Waals surface area contributed by atoms with Crippen LogP contribution in [0.3, 0.4) is 0 Å². The number of fused-ring (bicyclic) bond motifs is 2. The van der Waals surface area contributed by atoms with Gasteiger partial charge in [-0.2, -0.15) is 0 Å². The molecule has 1 aliphatic carbocycles. The summed E-state index contributed by atoms with van der Waals surface area (Å²) in [5.74, 6) is 0.813. The molecule has 0 radical (unpaired) electrons. The maximum absolute atomic E-state index is 11.7. The summed E-state index contributed by atoms with van der Waals surface area (Å²) in [5, 5.41) is 23.3. The van der Waals surface area contributed by atoms with Crippen molar-refractivity contribution in [1.82, 2.24) is 4.90 Å². The number of hydrogen-bond donors (Lipinski definition) is 0. The van der Waals surface area contributed by atoms with Gasteiger partial charge in [0, 0.05) is 15.9 Å². The van der Waals surface area contributed by atoms with Gasteiger partial charge in [0.1, 0.15) is 11.5 Å². The fraction of sp³-hybridized carbons (Fsp3) is 0.467. The molecule has 0 N–H and O–H groups in total. The van der Waals surface area contributed by atoms with Crippen molar-refractivity contribution in [3.8, 4) is 5.75 Å².